The third kappa shape index (κ3) is 4.19. The predicted octanol–water partition coefficient (Wildman–Crippen LogP) is 3.45. The van der Waals surface area contributed by atoms with Crippen LogP contribution in [0.4, 0.5) is 18.9 Å². The SMILES string of the molecule is O=C(NCC(=O)N1CCCc2ccccc21)C1CCCC(C(F)(F)F)C1. The molecule has 142 valence electrons. The van der Waals surface area contributed by atoms with Gasteiger partial charge in [0.05, 0.1) is 12.5 Å². The molecular formula is C19H23F3N2O2. The van der Waals surface area contributed by atoms with Crippen molar-refractivity contribution in [1.29, 1.82) is 0 Å². The minimum absolute atomic E-state index is 0.0801. The topological polar surface area (TPSA) is 49.4 Å². The van der Waals surface area contributed by atoms with Crippen LogP contribution in [-0.2, 0) is 16.0 Å². The summed E-state index contributed by atoms with van der Waals surface area (Å²) < 4.78 is 38.6. The molecule has 7 heteroatoms. The van der Waals surface area contributed by atoms with Crippen molar-refractivity contribution >= 4 is 17.5 Å². The van der Waals surface area contributed by atoms with Crippen molar-refractivity contribution in [2.24, 2.45) is 11.8 Å². The molecule has 0 aromatic heterocycles. The highest BCUT2D eigenvalue weighted by molar-refractivity contribution is 5.97. The molecule has 2 unspecified atom stereocenters. The van der Waals surface area contributed by atoms with E-state index >= 15 is 0 Å². The van der Waals surface area contributed by atoms with Crippen molar-refractivity contribution in [3.8, 4) is 0 Å². The first-order chi connectivity index (χ1) is 12.4. The summed E-state index contributed by atoms with van der Waals surface area (Å²) in [6, 6.07) is 7.65. The molecule has 1 aliphatic heterocycles. The molecule has 2 aliphatic rings. The predicted molar refractivity (Wildman–Crippen MR) is 91.6 cm³/mol. The van der Waals surface area contributed by atoms with E-state index < -0.39 is 23.9 Å². The number of nitrogens with zero attached hydrogens (tertiary/aromatic N) is 1. The van der Waals surface area contributed by atoms with E-state index in [4.69, 9.17) is 0 Å². The summed E-state index contributed by atoms with van der Waals surface area (Å²) in [5.41, 5.74) is 1.95. The van der Waals surface area contributed by atoms with Gasteiger partial charge in [-0.2, -0.15) is 13.2 Å². The first-order valence-corrected chi connectivity index (χ1v) is 9.09. The van der Waals surface area contributed by atoms with Crippen LogP contribution in [0.5, 0.6) is 0 Å². The summed E-state index contributed by atoms with van der Waals surface area (Å²) in [6.07, 6.45) is -1.77. The Balaban J connectivity index is 1.56. The molecule has 1 heterocycles. The van der Waals surface area contributed by atoms with Crippen LogP contribution in [0.25, 0.3) is 0 Å². The molecule has 0 saturated heterocycles. The van der Waals surface area contributed by atoms with E-state index in [0.717, 1.165) is 24.1 Å². The van der Waals surface area contributed by atoms with Crippen LogP contribution in [-0.4, -0.2) is 31.1 Å². The Morgan fingerprint density at radius 2 is 1.92 bits per heavy atom. The van der Waals surface area contributed by atoms with Gasteiger partial charge in [-0.1, -0.05) is 24.6 Å². The maximum atomic E-state index is 12.9. The number of carbonyl (C=O) groups is 2. The van der Waals surface area contributed by atoms with Crippen molar-refractivity contribution in [3.05, 3.63) is 29.8 Å². The lowest BCUT2D eigenvalue weighted by Crippen LogP contribution is -2.45. The number of rotatable bonds is 3. The van der Waals surface area contributed by atoms with Crippen LogP contribution in [0.3, 0.4) is 0 Å². The largest absolute Gasteiger partial charge is 0.391 e. The quantitative estimate of drug-likeness (QED) is 0.888. The second kappa shape index (κ2) is 7.68. The molecule has 1 saturated carbocycles. The molecule has 4 nitrogen and oxygen atoms in total. The average Bonchev–Trinajstić information content (AvgIpc) is 2.64. The highest BCUT2D eigenvalue weighted by atomic mass is 19.4. The fraction of sp³-hybridized carbons (Fsp3) is 0.579. The number of halogens is 3. The molecule has 1 aromatic carbocycles. The first kappa shape index (κ1) is 18.7. The molecule has 1 aliphatic carbocycles. The van der Waals surface area contributed by atoms with Gasteiger partial charge < -0.3 is 10.2 Å². The van der Waals surface area contributed by atoms with Gasteiger partial charge in [0.2, 0.25) is 11.8 Å². The van der Waals surface area contributed by atoms with E-state index in [1.807, 2.05) is 24.3 Å². The molecular weight excluding hydrogens is 345 g/mol. The lowest BCUT2D eigenvalue weighted by molar-refractivity contribution is -0.186. The summed E-state index contributed by atoms with van der Waals surface area (Å²) in [4.78, 5) is 26.4. The molecule has 0 radical (unpaired) electrons. The Morgan fingerprint density at radius 1 is 1.15 bits per heavy atom. The van der Waals surface area contributed by atoms with E-state index in [-0.39, 0.29) is 25.3 Å². The van der Waals surface area contributed by atoms with Crippen molar-refractivity contribution in [3.63, 3.8) is 0 Å². The minimum Gasteiger partial charge on any atom is -0.347 e. The Bertz CT molecular complexity index is 675. The molecule has 3 rings (SSSR count). The number of hydrogen-bond acceptors (Lipinski definition) is 2. The number of carbonyl (C=O) groups excluding carboxylic acids is 2. The Hall–Kier alpha value is -2.05. The van der Waals surface area contributed by atoms with Crippen molar-refractivity contribution in [2.45, 2.75) is 44.7 Å². The molecule has 26 heavy (non-hydrogen) atoms. The zero-order valence-electron chi connectivity index (χ0n) is 14.5. The number of amides is 2. The zero-order valence-corrected chi connectivity index (χ0v) is 14.5. The van der Waals surface area contributed by atoms with Crippen molar-refractivity contribution in [2.75, 3.05) is 18.0 Å². The zero-order chi connectivity index (χ0) is 18.7. The van der Waals surface area contributed by atoms with E-state index in [2.05, 4.69) is 5.32 Å². The Morgan fingerprint density at radius 3 is 2.69 bits per heavy atom. The van der Waals surface area contributed by atoms with Gasteiger partial charge >= 0.3 is 6.18 Å². The monoisotopic (exact) mass is 368 g/mol. The summed E-state index contributed by atoms with van der Waals surface area (Å²) in [6.45, 7) is 0.408. The van der Waals surface area contributed by atoms with Crippen LogP contribution in [0.1, 0.15) is 37.7 Å². The molecule has 2 amide bonds. The van der Waals surface area contributed by atoms with E-state index in [9.17, 15) is 22.8 Å². The smallest absolute Gasteiger partial charge is 0.347 e. The van der Waals surface area contributed by atoms with E-state index in [1.54, 1.807) is 4.90 Å². The number of nitrogens with one attached hydrogen (secondary N) is 1. The van der Waals surface area contributed by atoms with Gasteiger partial charge in [-0.25, -0.2) is 0 Å². The number of anilines is 1. The molecule has 1 fully saturated rings. The van der Waals surface area contributed by atoms with Crippen molar-refractivity contribution in [1.82, 2.24) is 5.32 Å². The maximum absolute atomic E-state index is 12.9. The highest BCUT2D eigenvalue weighted by Crippen LogP contribution is 2.39. The standard InChI is InChI=1S/C19H23F3N2O2/c20-19(21,22)15-8-3-6-14(11-15)18(26)23-12-17(25)24-10-4-7-13-5-1-2-9-16(13)24/h1-2,5,9,14-15H,3-4,6-8,10-12H2,(H,23,26). The molecule has 2 atom stereocenters. The van der Waals surface area contributed by atoms with Crippen LogP contribution >= 0.6 is 0 Å². The van der Waals surface area contributed by atoms with Gasteiger partial charge in [0.25, 0.3) is 0 Å². The van der Waals surface area contributed by atoms with Crippen LogP contribution in [0.2, 0.25) is 0 Å². The lowest BCUT2D eigenvalue weighted by atomic mass is 9.80. The number of aryl methyl sites for hydroxylation is 1. The van der Waals surface area contributed by atoms with Crippen LogP contribution < -0.4 is 10.2 Å². The molecule has 1 N–H and O–H groups in total. The third-order valence-corrected chi connectivity index (χ3v) is 5.33. The minimum atomic E-state index is -4.26. The lowest BCUT2D eigenvalue weighted by Gasteiger charge is -2.31. The third-order valence-electron chi connectivity index (χ3n) is 5.33. The second-order valence-electron chi connectivity index (χ2n) is 7.10. The number of hydrogen-bond donors (Lipinski definition) is 1. The van der Waals surface area contributed by atoms with Gasteiger partial charge in [0, 0.05) is 18.2 Å². The molecule has 0 bridgehead atoms. The highest BCUT2D eigenvalue weighted by Gasteiger charge is 2.43. The summed E-state index contributed by atoms with van der Waals surface area (Å²) in [5.74, 6) is -2.76. The van der Waals surface area contributed by atoms with Gasteiger partial charge in [0.15, 0.2) is 0 Å². The molecule has 0 spiro atoms. The van der Waals surface area contributed by atoms with Gasteiger partial charge in [0.1, 0.15) is 0 Å². The van der Waals surface area contributed by atoms with Gasteiger partial charge in [-0.3, -0.25) is 9.59 Å². The second-order valence-corrected chi connectivity index (χ2v) is 7.10. The Labute approximate surface area is 150 Å². The van der Waals surface area contributed by atoms with Gasteiger partial charge in [-0.15, -0.1) is 0 Å². The van der Waals surface area contributed by atoms with Crippen LogP contribution in [0, 0.1) is 11.8 Å². The Kier molecular flexibility index (Phi) is 5.53. The van der Waals surface area contributed by atoms with Crippen molar-refractivity contribution < 1.29 is 22.8 Å². The number of benzene rings is 1. The number of fused-ring (bicyclic) bond motifs is 1. The fourth-order valence-electron chi connectivity index (χ4n) is 3.92. The summed E-state index contributed by atoms with van der Waals surface area (Å²) in [5, 5.41) is 2.55. The van der Waals surface area contributed by atoms with E-state index in [1.165, 1.54) is 0 Å². The normalized spacial score (nSPS) is 23.3. The average molecular weight is 368 g/mol. The number of alkyl halides is 3. The van der Waals surface area contributed by atoms with Gasteiger partial charge in [-0.05, 0) is 43.7 Å². The summed E-state index contributed by atoms with van der Waals surface area (Å²) >= 11 is 0. The first-order valence-electron chi connectivity index (χ1n) is 9.09. The fourth-order valence-corrected chi connectivity index (χ4v) is 3.92. The summed E-state index contributed by atoms with van der Waals surface area (Å²) in [7, 11) is 0. The number of para-hydroxylation sites is 1. The molecule has 1 aromatic rings. The maximum Gasteiger partial charge on any atom is 0.391 e. The van der Waals surface area contributed by atoms with Crippen LogP contribution in [0.15, 0.2) is 24.3 Å². The van der Waals surface area contributed by atoms with E-state index in [0.29, 0.717) is 19.4 Å².